The molecule has 0 atom stereocenters. The van der Waals surface area contributed by atoms with Crippen LogP contribution in [0.3, 0.4) is 0 Å². The topological polar surface area (TPSA) is 46.4 Å². The Labute approximate surface area is 113 Å². The first-order chi connectivity index (χ1) is 8.40. The van der Waals surface area contributed by atoms with Crippen LogP contribution in [-0.2, 0) is 6.54 Å². The summed E-state index contributed by atoms with van der Waals surface area (Å²) in [5.74, 6) is 0.646. The minimum Gasteiger partial charge on any atom is -0.302 e. The Hall–Kier alpha value is -1.13. The molecule has 0 bridgehead atoms. The van der Waals surface area contributed by atoms with E-state index in [1.807, 2.05) is 7.05 Å². The van der Waals surface area contributed by atoms with Gasteiger partial charge in [0.1, 0.15) is 0 Å². The molecule has 0 saturated heterocycles. The van der Waals surface area contributed by atoms with Crippen LogP contribution in [-0.4, -0.2) is 23.4 Å². The van der Waals surface area contributed by atoms with Crippen LogP contribution in [0.1, 0.15) is 25.8 Å². The van der Waals surface area contributed by atoms with E-state index in [0.717, 1.165) is 18.5 Å². The van der Waals surface area contributed by atoms with Crippen LogP contribution in [0.4, 0.5) is 5.69 Å². The summed E-state index contributed by atoms with van der Waals surface area (Å²) in [6, 6.07) is 4.57. The van der Waals surface area contributed by atoms with Crippen LogP contribution in [0.2, 0.25) is 5.02 Å². The van der Waals surface area contributed by atoms with Gasteiger partial charge in [-0.15, -0.1) is 0 Å². The molecule has 0 radical (unpaired) electrons. The van der Waals surface area contributed by atoms with E-state index in [1.165, 1.54) is 6.07 Å². The third-order valence-corrected chi connectivity index (χ3v) is 3.14. The summed E-state index contributed by atoms with van der Waals surface area (Å²) in [7, 11) is 2.00. The standard InChI is InChI=1S/C13H19ClN2O2/c1-10(2)6-7-15(3)9-11-8-12(16(17)18)4-5-13(11)14/h4-5,8,10H,6-7,9H2,1-3H3. The zero-order chi connectivity index (χ0) is 13.7. The summed E-state index contributed by atoms with van der Waals surface area (Å²) in [4.78, 5) is 12.4. The van der Waals surface area contributed by atoms with Gasteiger partial charge < -0.3 is 4.90 Å². The summed E-state index contributed by atoms with van der Waals surface area (Å²) < 4.78 is 0. The molecule has 1 rings (SSSR count). The molecule has 0 aromatic heterocycles. The molecule has 0 heterocycles. The SMILES string of the molecule is CC(C)CCN(C)Cc1cc([N+](=O)[O-])ccc1Cl. The van der Waals surface area contributed by atoms with Crippen LogP contribution in [0.15, 0.2) is 18.2 Å². The van der Waals surface area contributed by atoms with Crippen molar-refractivity contribution >= 4 is 17.3 Å². The van der Waals surface area contributed by atoms with Crippen LogP contribution in [0.5, 0.6) is 0 Å². The van der Waals surface area contributed by atoms with Gasteiger partial charge >= 0.3 is 0 Å². The highest BCUT2D eigenvalue weighted by atomic mass is 35.5. The van der Waals surface area contributed by atoms with Gasteiger partial charge in [-0.25, -0.2) is 0 Å². The van der Waals surface area contributed by atoms with Gasteiger partial charge in [0, 0.05) is 23.7 Å². The minimum absolute atomic E-state index is 0.0895. The molecule has 0 unspecified atom stereocenters. The van der Waals surface area contributed by atoms with Crippen molar-refractivity contribution in [3.63, 3.8) is 0 Å². The molecule has 1 aromatic carbocycles. The van der Waals surface area contributed by atoms with Gasteiger partial charge in [0.15, 0.2) is 0 Å². The third-order valence-electron chi connectivity index (χ3n) is 2.77. The molecule has 0 spiro atoms. The largest absolute Gasteiger partial charge is 0.302 e. The molecule has 5 heteroatoms. The van der Waals surface area contributed by atoms with Crippen molar-refractivity contribution in [2.75, 3.05) is 13.6 Å². The Morgan fingerprint density at radius 1 is 1.44 bits per heavy atom. The average molecular weight is 271 g/mol. The van der Waals surface area contributed by atoms with Crippen molar-refractivity contribution in [2.45, 2.75) is 26.8 Å². The van der Waals surface area contributed by atoms with Crippen LogP contribution < -0.4 is 0 Å². The Bertz CT molecular complexity index is 421. The monoisotopic (exact) mass is 270 g/mol. The molecular formula is C13H19ClN2O2. The fourth-order valence-corrected chi connectivity index (χ4v) is 1.82. The zero-order valence-corrected chi connectivity index (χ0v) is 11.8. The first-order valence-electron chi connectivity index (χ1n) is 6.01. The van der Waals surface area contributed by atoms with E-state index in [4.69, 9.17) is 11.6 Å². The second kappa shape index (κ2) is 6.71. The van der Waals surface area contributed by atoms with Crippen LogP contribution >= 0.6 is 11.6 Å². The number of nitro groups is 1. The number of non-ortho nitro benzene ring substituents is 1. The summed E-state index contributed by atoms with van der Waals surface area (Å²) in [5, 5.41) is 11.3. The Morgan fingerprint density at radius 2 is 2.11 bits per heavy atom. The second-order valence-corrected chi connectivity index (χ2v) is 5.36. The summed E-state index contributed by atoms with van der Waals surface area (Å²) in [6.45, 7) is 5.94. The van der Waals surface area contributed by atoms with Crippen molar-refractivity contribution in [3.8, 4) is 0 Å². The molecule has 0 fully saturated rings. The molecule has 0 aliphatic rings. The van der Waals surface area contributed by atoms with Crippen molar-refractivity contribution in [2.24, 2.45) is 5.92 Å². The van der Waals surface area contributed by atoms with Gasteiger partial charge in [-0.2, -0.15) is 0 Å². The lowest BCUT2D eigenvalue weighted by molar-refractivity contribution is -0.384. The number of hydrogen-bond acceptors (Lipinski definition) is 3. The number of rotatable bonds is 6. The lowest BCUT2D eigenvalue weighted by atomic mass is 10.1. The molecule has 0 saturated carbocycles. The van der Waals surface area contributed by atoms with Gasteiger partial charge in [0.05, 0.1) is 4.92 Å². The maximum Gasteiger partial charge on any atom is 0.269 e. The van der Waals surface area contributed by atoms with Gasteiger partial charge in [-0.3, -0.25) is 10.1 Å². The summed E-state index contributed by atoms with van der Waals surface area (Å²) >= 11 is 6.06. The van der Waals surface area contributed by atoms with E-state index < -0.39 is 4.92 Å². The number of halogens is 1. The maximum atomic E-state index is 10.7. The summed E-state index contributed by atoms with van der Waals surface area (Å²) in [6.07, 6.45) is 1.10. The highest BCUT2D eigenvalue weighted by Gasteiger charge is 2.11. The van der Waals surface area contributed by atoms with Gasteiger partial charge in [-0.1, -0.05) is 25.4 Å². The van der Waals surface area contributed by atoms with E-state index in [1.54, 1.807) is 12.1 Å². The van der Waals surface area contributed by atoms with E-state index in [0.29, 0.717) is 17.5 Å². The molecular weight excluding hydrogens is 252 g/mol. The Balaban J connectivity index is 2.71. The lowest BCUT2D eigenvalue weighted by Gasteiger charge is -2.18. The predicted molar refractivity (Wildman–Crippen MR) is 73.9 cm³/mol. The molecule has 0 N–H and O–H groups in total. The van der Waals surface area contributed by atoms with E-state index >= 15 is 0 Å². The molecule has 0 amide bonds. The van der Waals surface area contributed by atoms with Gasteiger partial charge in [0.2, 0.25) is 0 Å². The Kier molecular flexibility index (Phi) is 5.56. The fourth-order valence-electron chi connectivity index (χ4n) is 1.64. The highest BCUT2D eigenvalue weighted by Crippen LogP contribution is 2.23. The molecule has 0 aliphatic carbocycles. The Morgan fingerprint density at radius 3 is 2.67 bits per heavy atom. The van der Waals surface area contributed by atoms with Crippen molar-refractivity contribution in [1.29, 1.82) is 0 Å². The number of benzene rings is 1. The number of nitro benzene ring substituents is 1. The smallest absolute Gasteiger partial charge is 0.269 e. The average Bonchev–Trinajstić information content (AvgIpc) is 2.29. The van der Waals surface area contributed by atoms with Crippen LogP contribution in [0, 0.1) is 16.0 Å². The third kappa shape index (κ3) is 4.63. The van der Waals surface area contributed by atoms with E-state index in [9.17, 15) is 10.1 Å². The highest BCUT2D eigenvalue weighted by molar-refractivity contribution is 6.31. The molecule has 18 heavy (non-hydrogen) atoms. The number of nitrogens with zero attached hydrogens (tertiary/aromatic N) is 2. The molecule has 0 aliphatic heterocycles. The number of hydrogen-bond donors (Lipinski definition) is 0. The van der Waals surface area contributed by atoms with Crippen LogP contribution in [0.25, 0.3) is 0 Å². The summed E-state index contributed by atoms with van der Waals surface area (Å²) in [5.41, 5.74) is 0.892. The zero-order valence-electron chi connectivity index (χ0n) is 11.0. The van der Waals surface area contributed by atoms with E-state index in [2.05, 4.69) is 18.7 Å². The van der Waals surface area contributed by atoms with Crippen molar-refractivity contribution in [1.82, 2.24) is 4.90 Å². The minimum atomic E-state index is -0.395. The van der Waals surface area contributed by atoms with Crippen molar-refractivity contribution < 1.29 is 4.92 Å². The first-order valence-corrected chi connectivity index (χ1v) is 6.39. The normalized spacial score (nSPS) is 11.2. The van der Waals surface area contributed by atoms with E-state index in [-0.39, 0.29) is 5.69 Å². The van der Waals surface area contributed by atoms with Gasteiger partial charge in [-0.05, 0) is 37.6 Å². The molecule has 4 nitrogen and oxygen atoms in total. The molecule has 1 aromatic rings. The van der Waals surface area contributed by atoms with Gasteiger partial charge in [0.25, 0.3) is 5.69 Å². The molecule has 100 valence electrons. The quantitative estimate of drug-likeness (QED) is 0.584. The lowest BCUT2D eigenvalue weighted by Crippen LogP contribution is -2.20. The maximum absolute atomic E-state index is 10.7. The fraction of sp³-hybridized carbons (Fsp3) is 0.538. The van der Waals surface area contributed by atoms with Crippen molar-refractivity contribution in [3.05, 3.63) is 38.9 Å². The second-order valence-electron chi connectivity index (χ2n) is 4.95. The first kappa shape index (κ1) is 14.9. The predicted octanol–water partition coefficient (Wildman–Crippen LogP) is 3.73.